The molecular weight excluding hydrogens is 252 g/mol. The average molecular weight is 272 g/mol. The number of aryl methyl sites for hydroxylation is 1. The van der Waals surface area contributed by atoms with Gasteiger partial charge in [0.25, 0.3) is 0 Å². The summed E-state index contributed by atoms with van der Waals surface area (Å²) in [5.74, 6) is 1.87. The van der Waals surface area contributed by atoms with E-state index in [-0.39, 0.29) is 0 Å². The fourth-order valence-electron chi connectivity index (χ4n) is 2.27. The Bertz CT molecular complexity index is 589. The number of rotatable bonds is 6. The van der Waals surface area contributed by atoms with Crippen LogP contribution in [0.25, 0.3) is 0 Å². The molecule has 1 aliphatic rings. The van der Waals surface area contributed by atoms with Gasteiger partial charge >= 0.3 is 0 Å². The summed E-state index contributed by atoms with van der Waals surface area (Å²) in [5, 5.41) is 7.80. The van der Waals surface area contributed by atoms with Crippen molar-refractivity contribution in [2.45, 2.75) is 38.9 Å². The predicted molar refractivity (Wildman–Crippen MR) is 76.7 cm³/mol. The van der Waals surface area contributed by atoms with Crippen molar-refractivity contribution in [2.24, 2.45) is 0 Å². The van der Waals surface area contributed by atoms with Crippen molar-refractivity contribution in [1.82, 2.24) is 20.1 Å². The van der Waals surface area contributed by atoms with Crippen LogP contribution in [0.1, 0.15) is 29.8 Å². The Balaban J connectivity index is 1.76. The van der Waals surface area contributed by atoms with Gasteiger partial charge in [-0.05, 0) is 25.8 Å². The second-order valence-corrected chi connectivity index (χ2v) is 5.30. The molecule has 1 fully saturated rings. The summed E-state index contributed by atoms with van der Waals surface area (Å²) in [7, 11) is 1.70. The third-order valence-corrected chi connectivity index (χ3v) is 3.58. The van der Waals surface area contributed by atoms with Gasteiger partial charge in [-0.3, -0.25) is 0 Å². The number of benzene rings is 1. The van der Waals surface area contributed by atoms with Crippen LogP contribution in [0.5, 0.6) is 5.75 Å². The summed E-state index contributed by atoms with van der Waals surface area (Å²) in [4.78, 5) is 4.34. The van der Waals surface area contributed by atoms with Gasteiger partial charge in [0.15, 0.2) is 0 Å². The van der Waals surface area contributed by atoms with Crippen LogP contribution >= 0.6 is 0 Å². The van der Waals surface area contributed by atoms with Gasteiger partial charge in [0, 0.05) is 11.6 Å². The lowest BCUT2D eigenvalue weighted by Gasteiger charge is -2.11. The molecule has 0 saturated heterocycles. The minimum atomic E-state index is 0.675. The van der Waals surface area contributed by atoms with E-state index in [2.05, 4.69) is 34.5 Å². The quantitative estimate of drug-likeness (QED) is 0.872. The highest BCUT2D eigenvalue weighted by Gasteiger charge is 2.21. The highest BCUT2D eigenvalue weighted by molar-refractivity contribution is 5.37. The number of hydrogen-bond donors (Lipinski definition) is 1. The van der Waals surface area contributed by atoms with Crippen LogP contribution < -0.4 is 10.1 Å². The lowest BCUT2D eigenvalue weighted by Crippen LogP contribution is -2.19. The largest absolute Gasteiger partial charge is 0.496 e. The molecule has 5 nitrogen and oxygen atoms in total. The van der Waals surface area contributed by atoms with Gasteiger partial charge < -0.3 is 10.1 Å². The lowest BCUT2D eigenvalue weighted by molar-refractivity contribution is 0.406. The Labute approximate surface area is 119 Å². The average Bonchev–Trinajstić information content (AvgIpc) is 3.17. The van der Waals surface area contributed by atoms with Crippen molar-refractivity contribution in [1.29, 1.82) is 0 Å². The number of ether oxygens (including phenoxy) is 1. The highest BCUT2D eigenvalue weighted by Crippen LogP contribution is 2.21. The van der Waals surface area contributed by atoms with Crippen LogP contribution in [0.15, 0.2) is 24.5 Å². The monoisotopic (exact) mass is 272 g/mol. The van der Waals surface area contributed by atoms with Crippen LogP contribution in [0.2, 0.25) is 0 Å². The Morgan fingerprint density at radius 1 is 1.40 bits per heavy atom. The van der Waals surface area contributed by atoms with Crippen molar-refractivity contribution >= 4 is 0 Å². The van der Waals surface area contributed by atoms with Gasteiger partial charge in [-0.15, -0.1) is 0 Å². The summed E-state index contributed by atoms with van der Waals surface area (Å²) < 4.78 is 7.36. The molecular formula is C15H20N4O. The van der Waals surface area contributed by atoms with E-state index >= 15 is 0 Å². The van der Waals surface area contributed by atoms with E-state index in [1.165, 1.54) is 18.4 Å². The highest BCUT2D eigenvalue weighted by atomic mass is 16.5. The molecule has 1 heterocycles. The molecule has 0 bridgehead atoms. The second-order valence-electron chi connectivity index (χ2n) is 5.30. The summed E-state index contributed by atoms with van der Waals surface area (Å²) in [6, 6.07) is 6.87. The van der Waals surface area contributed by atoms with Crippen molar-refractivity contribution in [3.8, 4) is 5.75 Å². The Kier molecular flexibility index (Phi) is 3.69. The van der Waals surface area contributed by atoms with E-state index in [1.807, 2.05) is 10.7 Å². The third-order valence-electron chi connectivity index (χ3n) is 3.58. The Morgan fingerprint density at radius 3 is 3.00 bits per heavy atom. The maximum absolute atomic E-state index is 5.42. The normalized spacial score (nSPS) is 14.5. The zero-order chi connectivity index (χ0) is 13.9. The molecule has 5 heteroatoms. The number of hydrogen-bond acceptors (Lipinski definition) is 4. The second kappa shape index (κ2) is 5.63. The van der Waals surface area contributed by atoms with Crippen molar-refractivity contribution < 1.29 is 4.74 Å². The van der Waals surface area contributed by atoms with E-state index in [9.17, 15) is 0 Å². The fraction of sp³-hybridized carbons (Fsp3) is 0.467. The van der Waals surface area contributed by atoms with Crippen molar-refractivity contribution in [3.63, 3.8) is 0 Å². The number of nitrogens with one attached hydrogen (secondary N) is 1. The van der Waals surface area contributed by atoms with Crippen LogP contribution in [-0.2, 0) is 13.1 Å². The first-order chi connectivity index (χ1) is 9.76. The lowest BCUT2D eigenvalue weighted by atomic mass is 10.1. The molecule has 0 atom stereocenters. The molecule has 1 aromatic heterocycles. The zero-order valence-electron chi connectivity index (χ0n) is 12.0. The van der Waals surface area contributed by atoms with Gasteiger partial charge in [-0.2, -0.15) is 5.10 Å². The molecule has 0 aliphatic heterocycles. The minimum Gasteiger partial charge on any atom is -0.496 e. The van der Waals surface area contributed by atoms with Crippen molar-refractivity contribution in [2.75, 3.05) is 7.11 Å². The first-order valence-corrected chi connectivity index (χ1v) is 7.00. The molecule has 0 spiro atoms. The predicted octanol–water partition coefficient (Wildman–Crippen LogP) is 1.90. The van der Waals surface area contributed by atoms with Crippen LogP contribution in [0.3, 0.4) is 0 Å². The van der Waals surface area contributed by atoms with E-state index in [0.29, 0.717) is 12.6 Å². The number of nitrogens with zero attached hydrogens (tertiary/aromatic N) is 3. The molecule has 20 heavy (non-hydrogen) atoms. The molecule has 106 valence electrons. The third kappa shape index (κ3) is 2.99. The molecule has 1 saturated carbocycles. The summed E-state index contributed by atoms with van der Waals surface area (Å²) in [5.41, 5.74) is 2.35. The van der Waals surface area contributed by atoms with E-state index in [1.54, 1.807) is 13.4 Å². The molecule has 1 aliphatic carbocycles. The summed E-state index contributed by atoms with van der Waals surface area (Å²) >= 11 is 0. The van der Waals surface area contributed by atoms with Crippen molar-refractivity contribution in [3.05, 3.63) is 41.5 Å². The van der Waals surface area contributed by atoms with Crippen LogP contribution in [0, 0.1) is 6.92 Å². The minimum absolute atomic E-state index is 0.675. The van der Waals surface area contributed by atoms with Crippen LogP contribution in [-0.4, -0.2) is 27.9 Å². The van der Waals surface area contributed by atoms with Gasteiger partial charge in [0.2, 0.25) is 0 Å². The van der Waals surface area contributed by atoms with Crippen LogP contribution in [0.4, 0.5) is 0 Å². The fourth-order valence-corrected chi connectivity index (χ4v) is 2.27. The summed E-state index contributed by atoms with van der Waals surface area (Å²) in [6.45, 7) is 3.55. The van der Waals surface area contributed by atoms with E-state index in [4.69, 9.17) is 4.74 Å². The van der Waals surface area contributed by atoms with Gasteiger partial charge in [-0.25, -0.2) is 9.67 Å². The maximum Gasteiger partial charge on any atom is 0.141 e. The van der Waals surface area contributed by atoms with Gasteiger partial charge in [0.1, 0.15) is 17.9 Å². The molecule has 0 radical (unpaired) electrons. The molecule has 2 aromatic rings. The first-order valence-electron chi connectivity index (χ1n) is 7.00. The standard InChI is InChI=1S/C15H20N4O/c1-11-3-6-14(20-2)12(7-11)9-19-15(17-10-18-19)8-16-13-4-5-13/h3,6-7,10,13,16H,4-5,8-9H2,1-2H3. The topological polar surface area (TPSA) is 52.0 Å². The molecule has 1 N–H and O–H groups in total. The molecule has 1 aromatic carbocycles. The Hall–Kier alpha value is -1.88. The van der Waals surface area contributed by atoms with E-state index < -0.39 is 0 Å². The maximum atomic E-state index is 5.42. The molecule has 3 rings (SSSR count). The number of methoxy groups -OCH3 is 1. The van der Waals surface area contributed by atoms with Gasteiger partial charge in [0.05, 0.1) is 20.2 Å². The summed E-state index contributed by atoms with van der Waals surface area (Å²) in [6.07, 6.45) is 4.17. The van der Waals surface area contributed by atoms with Gasteiger partial charge in [-0.1, -0.05) is 17.7 Å². The first kappa shape index (κ1) is 13.1. The van der Waals surface area contributed by atoms with E-state index in [0.717, 1.165) is 23.7 Å². The SMILES string of the molecule is COc1ccc(C)cc1Cn1ncnc1CNC1CC1. The number of aromatic nitrogens is 3. The zero-order valence-corrected chi connectivity index (χ0v) is 12.0. The smallest absolute Gasteiger partial charge is 0.141 e. The Morgan fingerprint density at radius 2 is 2.25 bits per heavy atom. The molecule has 0 amide bonds. The molecule has 0 unspecified atom stereocenters.